The lowest BCUT2D eigenvalue weighted by molar-refractivity contribution is -0.120. The van der Waals surface area contributed by atoms with Gasteiger partial charge in [-0.2, -0.15) is 5.10 Å². The molecule has 2 aromatic carbocycles. The average molecular weight is 508 g/mol. The number of carbonyl (C=O) groups excluding carboxylic acids is 1. The number of fused-ring (bicyclic) bond motifs is 1. The van der Waals surface area contributed by atoms with Crippen LogP contribution in [0.4, 0.5) is 0 Å². The fourth-order valence-corrected chi connectivity index (χ4v) is 4.84. The lowest BCUT2D eigenvalue weighted by atomic mass is 10.1. The number of amides is 1. The van der Waals surface area contributed by atoms with Gasteiger partial charge in [0, 0.05) is 6.54 Å². The molecule has 0 aliphatic carbocycles. The highest BCUT2D eigenvalue weighted by Crippen LogP contribution is 2.16. The van der Waals surface area contributed by atoms with Crippen LogP contribution in [-0.2, 0) is 34.1 Å². The molecule has 0 bridgehead atoms. The topological polar surface area (TPSA) is 116 Å². The predicted molar refractivity (Wildman–Crippen MR) is 138 cm³/mol. The first kappa shape index (κ1) is 25.3. The Hall–Kier alpha value is -3.79. The molecule has 0 aliphatic rings. The maximum atomic E-state index is 12.9. The largest absolute Gasteiger partial charge is 0.354 e. The van der Waals surface area contributed by atoms with E-state index in [1.807, 2.05) is 31.2 Å². The van der Waals surface area contributed by atoms with Gasteiger partial charge in [-0.25, -0.2) is 18.1 Å². The molecule has 0 saturated carbocycles. The molecule has 2 heterocycles. The second-order valence-electron chi connectivity index (χ2n) is 9.03. The van der Waals surface area contributed by atoms with Crippen molar-refractivity contribution in [1.82, 2.24) is 24.6 Å². The first-order valence-electron chi connectivity index (χ1n) is 11.7. The van der Waals surface area contributed by atoms with Crippen molar-refractivity contribution in [3.8, 4) is 0 Å². The molecule has 0 atom stereocenters. The maximum Gasteiger partial charge on any atom is 0.264 e. The van der Waals surface area contributed by atoms with E-state index in [0.717, 1.165) is 16.7 Å². The number of aryl methyl sites for hydroxylation is 1. The Morgan fingerprint density at radius 1 is 1.03 bits per heavy atom. The fourth-order valence-electron chi connectivity index (χ4n) is 3.78. The van der Waals surface area contributed by atoms with Crippen LogP contribution in [0, 0.1) is 6.92 Å². The van der Waals surface area contributed by atoms with Crippen molar-refractivity contribution in [3.63, 3.8) is 0 Å². The van der Waals surface area contributed by atoms with Gasteiger partial charge in [-0.1, -0.05) is 42.0 Å². The van der Waals surface area contributed by atoms with Crippen molar-refractivity contribution in [3.05, 3.63) is 88.1 Å². The van der Waals surface area contributed by atoms with E-state index in [1.54, 1.807) is 35.2 Å². The van der Waals surface area contributed by atoms with Gasteiger partial charge in [0.1, 0.15) is 11.7 Å². The zero-order chi connectivity index (χ0) is 25.9. The Kier molecular flexibility index (Phi) is 7.35. The summed E-state index contributed by atoms with van der Waals surface area (Å²) in [5, 5.41) is 7.03. The van der Waals surface area contributed by atoms with Gasteiger partial charge >= 0.3 is 0 Å². The molecule has 0 saturated heterocycles. The van der Waals surface area contributed by atoms with Gasteiger partial charge in [0.25, 0.3) is 5.56 Å². The quantitative estimate of drug-likeness (QED) is 0.372. The first-order chi connectivity index (χ1) is 17.1. The molecule has 0 unspecified atom stereocenters. The van der Waals surface area contributed by atoms with E-state index in [9.17, 15) is 18.0 Å². The third kappa shape index (κ3) is 5.54. The van der Waals surface area contributed by atoms with E-state index >= 15 is 0 Å². The molecule has 9 nitrogen and oxygen atoms in total. The number of rotatable bonds is 9. The van der Waals surface area contributed by atoms with Gasteiger partial charge in [0.2, 0.25) is 5.91 Å². The summed E-state index contributed by atoms with van der Waals surface area (Å²) in [7, 11) is -3.34. The van der Waals surface area contributed by atoms with E-state index in [1.165, 1.54) is 24.7 Å². The van der Waals surface area contributed by atoms with Gasteiger partial charge in [-0.05, 0) is 44.0 Å². The average Bonchev–Trinajstić information content (AvgIpc) is 3.26. The molecule has 0 radical (unpaired) electrons. The van der Waals surface area contributed by atoms with E-state index in [-0.39, 0.29) is 22.8 Å². The number of carbonyl (C=O) groups is 1. The normalized spacial score (nSPS) is 11.8. The number of hydrogen-bond donors (Lipinski definition) is 1. The van der Waals surface area contributed by atoms with Crippen molar-refractivity contribution in [2.45, 2.75) is 50.4 Å². The van der Waals surface area contributed by atoms with E-state index in [0.29, 0.717) is 30.7 Å². The summed E-state index contributed by atoms with van der Waals surface area (Å²) < 4.78 is 27.6. The zero-order valence-corrected chi connectivity index (χ0v) is 21.3. The molecule has 4 aromatic rings. The van der Waals surface area contributed by atoms with Crippen molar-refractivity contribution < 1.29 is 13.2 Å². The second-order valence-corrected chi connectivity index (χ2v) is 11.5. The van der Waals surface area contributed by atoms with Crippen LogP contribution < -0.4 is 10.9 Å². The van der Waals surface area contributed by atoms with Gasteiger partial charge in [0.05, 0.1) is 35.9 Å². The minimum absolute atomic E-state index is 0.129. The molecule has 0 fully saturated rings. The number of nitrogens with one attached hydrogen (secondary N) is 1. The molecule has 2 aromatic heterocycles. The molecule has 36 heavy (non-hydrogen) atoms. The molecule has 0 aliphatic heterocycles. The Bertz CT molecular complexity index is 1540. The number of aromatic nitrogens is 4. The molecule has 1 amide bonds. The lowest BCUT2D eigenvalue weighted by Crippen LogP contribution is -2.29. The summed E-state index contributed by atoms with van der Waals surface area (Å²) in [5.74, 6) is -0.195. The number of nitrogens with zero attached hydrogens (tertiary/aromatic N) is 4. The Morgan fingerprint density at radius 2 is 1.69 bits per heavy atom. The lowest BCUT2D eigenvalue weighted by Gasteiger charge is -2.09. The van der Waals surface area contributed by atoms with E-state index in [4.69, 9.17) is 0 Å². The number of benzene rings is 2. The maximum absolute atomic E-state index is 12.9. The van der Waals surface area contributed by atoms with Crippen LogP contribution in [0.5, 0.6) is 0 Å². The highest BCUT2D eigenvalue weighted by Gasteiger charge is 2.19. The summed E-state index contributed by atoms with van der Waals surface area (Å²) >= 11 is 0. The summed E-state index contributed by atoms with van der Waals surface area (Å²) in [4.78, 5) is 29.9. The van der Waals surface area contributed by atoms with Crippen LogP contribution in [-0.4, -0.2) is 45.5 Å². The van der Waals surface area contributed by atoms with E-state index < -0.39 is 15.1 Å². The van der Waals surface area contributed by atoms with E-state index in [2.05, 4.69) is 15.4 Å². The summed E-state index contributed by atoms with van der Waals surface area (Å²) in [6.45, 7) is 6.37. The van der Waals surface area contributed by atoms with Crippen LogP contribution in [0.3, 0.4) is 0 Å². The minimum atomic E-state index is -3.34. The highest BCUT2D eigenvalue weighted by atomic mass is 32.2. The Morgan fingerprint density at radius 3 is 2.36 bits per heavy atom. The third-order valence-electron chi connectivity index (χ3n) is 5.98. The Labute approximate surface area is 209 Å². The zero-order valence-electron chi connectivity index (χ0n) is 20.5. The second kappa shape index (κ2) is 10.4. The van der Waals surface area contributed by atoms with Crippen LogP contribution in [0.1, 0.15) is 30.5 Å². The van der Waals surface area contributed by atoms with Crippen LogP contribution >= 0.6 is 0 Å². The Balaban J connectivity index is 1.35. The van der Waals surface area contributed by atoms with Gasteiger partial charge in [0.15, 0.2) is 15.5 Å². The molecule has 1 N–H and O–H groups in total. The molecule has 0 spiro atoms. The van der Waals surface area contributed by atoms with Crippen molar-refractivity contribution in [2.75, 3.05) is 6.54 Å². The minimum Gasteiger partial charge on any atom is -0.354 e. The predicted octanol–water partition coefficient (Wildman–Crippen LogP) is 2.49. The van der Waals surface area contributed by atoms with Crippen LogP contribution in [0.15, 0.2) is 70.7 Å². The third-order valence-corrected chi connectivity index (χ3v) is 8.15. The molecule has 10 heteroatoms. The molecular weight excluding hydrogens is 478 g/mol. The van der Waals surface area contributed by atoms with Crippen LogP contribution in [0.2, 0.25) is 0 Å². The SMILES string of the molecule is Cc1ccc(Cn2cnc3c(cnn3CCNC(=O)Cc3ccc(S(=O)(=O)C(C)C)cc3)c2=O)cc1. The number of hydrogen-bond acceptors (Lipinski definition) is 6. The van der Waals surface area contributed by atoms with Crippen LogP contribution in [0.25, 0.3) is 11.0 Å². The first-order valence-corrected chi connectivity index (χ1v) is 13.3. The summed E-state index contributed by atoms with van der Waals surface area (Å²) in [6, 6.07) is 14.4. The van der Waals surface area contributed by atoms with Gasteiger partial charge in [-0.15, -0.1) is 0 Å². The van der Waals surface area contributed by atoms with Crippen molar-refractivity contribution in [2.24, 2.45) is 0 Å². The fraction of sp³-hybridized carbons (Fsp3) is 0.308. The van der Waals surface area contributed by atoms with Crippen molar-refractivity contribution >= 4 is 26.8 Å². The monoisotopic (exact) mass is 507 g/mol. The van der Waals surface area contributed by atoms with Gasteiger partial charge < -0.3 is 5.32 Å². The molecular formula is C26H29N5O4S. The van der Waals surface area contributed by atoms with Crippen molar-refractivity contribution in [1.29, 1.82) is 0 Å². The highest BCUT2D eigenvalue weighted by molar-refractivity contribution is 7.92. The van der Waals surface area contributed by atoms with Gasteiger partial charge in [-0.3, -0.25) is 14.2 Å². The number of sulfone groups is 1. The summed E-state index contributed by atoms with van der Waals surface area (Å²) in [6.07, 6.45) is 3.15. The summed E-state index contributed by atoms with van der Waals surface area (Å²) in [5.41, 5.74) is 3.18. The smallest absolute Gasteiger partial charge is 0.264 e. The molecule has 188 valence electrons. The molecule has 4 rings (SSSR count). The standard InChI is InChI=1S/C26H29N5O4S/c1-18(2)36(34,35)22-10-8-20(9-11-22)14-24(32)27-12-13-31-25-23(15-29-31)26(33)30(17-28-25)16-21-6-4-19(3)5-7-21/h4-11,15,17-18H,12-14,16H2,1-3H3,(H,27,32).